The number of anilines is 3. The minimum atomic E-state index is 0.0296. The Labute approximate surface area is 123 Å². The van der Waals surface area contributed by atoms with Gasteiger partial charge in [-0.05, 0) is 42.5 Å². The van der Waals surface area contributed by atoms with Gasteiger partial charge < -0.3 is 21.1 Å². The number of ether oxygens (including phenoxy) is 1. The van der Waals surface area contributed by atoms with Gasteiger partial charge in [-0.25, -0.2) is 0 Å². The highest BCUT2D eigenvalue weighted by Gasteiger charge is 2.13. The number of hydrogen-bond acceptors (Lipinski definition) is 5. The van der Waals surface area contributed by atoms with E-state index in [1.54, 1.807) is 18.2 Å². The summed E-state index contributed by atoms with van der Waals surface area (Å²) in [6.07, 6.45) is 0. The summed E-state index contributed by atoms with van der Waals surface area (Å²) in [5, 5.41) is 6.32. The molecule has 0 unspecified atom stereocenters. The van der Waals surface area contributed by atoms with Crippen LogP contribution in [0, 0.1) is 0 Å². The van der Waals surface area contributed by atoms with E-state index in [1.807, 2.05) is 24.3 Å². The molecule has 0 saturated carbocycles. The summed E-state index contributed by atoms with van der Waals surface area (Å²) in [4.78, 5) is 12.2. The van der Waals surface area contributed by atoms with Gasteiger partial charge in [0.2, 0.25) is 0 Å². The van der Waals surface area contributed by atoms with E-state index in [1.165, 1.54) is 0 Å². The van der Waals surface area contributed by atoms with Crippen LogP contribution >= 0.6 is 0 Å². The van der Waals surface area contributed by atoms with Crippen LogP contribution in [0.3, 0.4) is 0 Å². The zero-order chi connectivity index (χ0) is 14.7. The van der Waals surface area contributed by atoms with Crippen molar-refractivity contribution in [1.82, 2.24) is 0 Å². The summed E-state index contributed by atoms with van der Waals surface area (Å²) in [5.74, 6) is 0.825. The van der Waals surface area contributed by atoms with Gasteiger partial charge in [-0.1, -0.05) is 0 Å². The van der Waals surface area contributed by atoms with Crippen LogP contribution in [-0.2, 0) is 0 Å². The van der Waals surface area contributed by atoms with Crippen LogP contribution in [0.4, 0.5) is 17.1 Å². The second kappa shape index (κ2) is 5.75. The van der Waals surface area contributed by atoms with Crippen molar-refractivity contribution in [2.75, 3.05) is 36.1 Å². The molecule has 5 heteroatoms. The van der Waals surface area contributed by atoms with Crippen molar-refractivity contribution in [3.8, 4) is 5.75 Å². The molecule has 3 rings (SSSR count). The third-order valence-electron chi connectivity index (χ3n) is 3.34. The van der Waals surface area contributed by atoms with Gasteiger partial charge in [-0.3, -0.25) is 4.79 Å². The summed E-state index contributed by atoms with van der Waals surface area (Å²) in [6, 6.07) is 12.8. The van der Waals surface area contributed by atoms with E-state index >= 15 is 0 Å². The first-order valence-electron chi connectivity index (χ1n) is 6.86. The number of rotatable bonds is 4. The Morgan fingerprint density at radius 1 is 1.24 bits per heavy atom. The van der Waals surface area contributed by atoms with E-state index < -0.39 is 0 Å². The molecule has 0 aliphatic carbocycles. The van der Waals surface area contributed by atoms with E-state index in [-0.39, 0.29) is 12.3 Å². The Balaban J connectivity index is 1.66. The lowest BCUT2D eigenvalue weighted by molar-refractivity contribution is 0.101. The molecule has 0 radical (unpaired) electrons. The molecular formula is C16H17N3O2. The molecule has 2 aromatic rings. The molecule has 0 bridgehead atoms. The van der Waals surface area contributed by atoms with Gasteiger partial charge in [0.1, 0.15) is 12.4 Å². The smallest absolute Gasteiger partial charge is 0.181 e. The third-order valence-corrected chi connectivity index (χ3v) is 3.34. The van der Waals surface area contributed by atoms with Gasteiger partial charge in [-0.15, -0.1) is 0 Å². The van der Waals surface area contributed by atoms with Crippen LogP contribution in [0.15, 0.2) is 42.5 Å². The van der Waals surface area contributed by atoms with Crippen molar-refractivity contribution in [3.05, 3.63) is 48.0 Å². The molecule has 1 heterocycles. The van der Waals surface area contributed by atoms with Crippen LogP contribution in [-0.4, -0.2) is 25.5 Å². The molecule has 5 nitrogen and oxygen atoms in total. The van der Waals surface area contributed by atoms with Gasteiger partial charge in [-0.2, -0.15) is 0 Å². The Bertz CT molecular complexity index is 653. The fourth-order valence-corrected chi connectivity index (χ4v) is 2.20. The van der Waals surface area contributed by atoms with Crippen LogP contribution in [0.5, 0.6) is 5.75 Å². The van der Waals surface area contributed by atoms with E-state index in [4.69, 9.17) is 10.5 Å². The molecular weight excluding hydrogens is 266 g/mol. The van der Waals surface area contributed by atoms with Gasteiger partial charge in [0.15, 0.2) is 5.78 Å². The fourth-order valence-electron chi connectivity index (χ4n) is 2.20. The maximum Gasteiger partial charge on any atom is 0.181 e. The second-order valence-electron chi connectivity index (χ2n) is 4.88. The molecule has 1 aliphatic heterocycles. The molecule has 2 aromatic carbocycles. The van der Waals surface area contributed by atoms with Gasteiger partial charge >= 0.3 is 0 Å². The molecule has 0 fully saturated rings. The summed E-state index contributed by atoms with van der Waals surface area (Å²) >= 11 is 0. The third kappa shape index (κ3) is 3.08. The molecule has 0 amide bonds. The highest BCUT2D eigenvalue weighted by atomic mass is 16.5. The standard InChI is InChI=1S/C16H17N3O2/c17-12-2-4-13(5-3-12)19-10-15(20)11-1-6-16-14(9-11)18-7-8-21-16/h1-6,9,18-19H,7-8,10,17H2. The number of fused-ring (bicyclic) bond motifs is 1. The molecule has 0 aromatic heterocycles. The number of benzene rings is 2. The average Bonchev–Trinajstić information content (AvgIpc) is 2.53. The zero-order valence-corrected chi connectivity index (χ0v) is 11.6. The maximum atomic E-state index is 12.2. The Hall–Kier alpha value is -2.69. The number of nitrogens with two attached hydrogens (primary N) is 1. The van der Waals surface area contributed by atoms with Crippen LogP contribution < -0.4 is 21.1 Å². The zero-order valence-electron chi connectivity index (χ0n) is 11.6. The quantitative estimate of drug-likeness (QED) is 0.593. The molecule has 1 aliphatic rings. The normalized spacial score (nSPS) is 12.8. The minimum absolute atomic E-state index is 0.0296. The van der Waals surface area contributed by atoms with Crippen molar-refractivity contribution < 1.29 is 9.53 Å². The van der Waals surface area contributed by atoms with Gasteiger partial charge in [0, 0.05) is 23.5 Å². The summed E-state index contributed by atoms with van der Waals surface area (Å²) in [6.45, 7) is 1.65. The van der Waals surface area contributed by atoms with Gasteiger partial charge in [0.05, 0.1) is 12.2 Å². The molecule has 4 N–H and O–H groups in total. The van der Waals surface area contributed by atoms with Crippen molar-refractivity contribution in [3.63, 3.8) is 0 Å². The van der Waals surface area contributed by atoms with Gasteiger partial charge in [0.25, 0.3) is 0 Å². The maximum absolute atomic E-state index is 12.2. The van der Waals surface area contributed by atoms with Crippen molar-refractivity contribution in [2.45, 2.75) is 0 Å². The monoisotopic (exact) mass is 283 g/mol. The minimum Gasteiger partial charge on any atom is -0.490 e. The SMILES string of the molecule is Nc1ccc(NCC(=O)c2ccc3c(c2)NCCO3)cc1. The molecule has 108 valence electrons. The summed E-state index contributed by atoms with van der Waals surface area (Å²) in [7, 11) is 0. The highest BCUT2D eigenvalue weighted by Crippen LogP contribution is 2.28. The van der Waals surface area contributed by atoms with Crippen molar-refractivity contribution in [2.24, 2.45) is 0 Å². The van der Waals surface area contributed by atoms with Crippen LogP contribution in [0.25, 0.3) is 0 Å². The Morgan fingerprint density at radius 2 is 2.05 bits per heavy atom. The second-order valence-corrected chi connectivity index (χ2v) is 4.88. The largest absolute Gasteiger partial charge is 0.490 e. The summed E-state index contributed by atoms with van der Waals surface area (Å²) < 4.78 is 5.50. The van der Waals surface area contributed by atoms with Crippen molar-refractivity contribution >= 4 is 22.8 Å². The molecule has 0 saturated heterocycles. The number of Topliss-reactive ketones (excluding diaryl/α,β-unsaturated/α-hetero) is 1. The fraction of sp³-hybridized carbons (Fsp3) is 0.188. The molecule has 21 heavy (non-hydrogen) atoms. The first kappa shape index (κ1) is 13.3. The van der Waals surface area contributed by atoms with E-state index in [0.29, 0.717) is 17.9 Å². The highest BCUT2D eigenvalue weighted by molar-refractivity contribution is 6.00. The Morgan fingerprint density at radius 3 is 2.86 bits per heavy atom. The topological polar surface area (TPSA) is 76.4 Å². The predicted molar refractivity (Wildman–Crippen MR) is 84.1 cm³/mol. The number of carbonyl (C=O) groups is 1. The van der Waals surface area contributed by atoms with E-state index in [9.17, 15) is 4.79 Å². The Kier molecular flexibility index (Phi) is 3.64. The van der Waals surface area contributed by atoms with Crippen molar-refractivity contribution in [1.29, 1.82) is 0 Å². The predicted octanol–water partition coefficient (Wildman–Crippen LogP) is 2.37. The lowest BCUT2D eigenvalue weighted by Gasteiger charge is -2.19. The molecule has 0 atom stereocenters. The first-order valence-corrected chi connectivity index (χ1v) is 6.86. The number of ketones is 1. The lowest BCUT2D eigenvalue weighted by atomic mass is 10.1. The number of nitrogens with one attached hydrogen (secondary N) is 2. The van der Waals surface area contributed by atoms with E-state index in [2.05, 4.69) is 10.6 Å². The van der Waals surface area contributed by atoms with Crippen LogP contribution in [0.1, 0.15) is 10.4 Å². The molecule has 0 spiro atoms. The van der Waals surface area contributed by atoms with E-state index in [0.717, 1.165) is 23.7 Å². The number of hydrogen-bond donors (Lipinski definition) is 3. The summed E-state index contributed by atoms with van der Waals surface area (Å²) in [5.41, 5.74) is 8.74. The number of carbonyl (C=O) groups excluding carboxylic acids is 1. The first-order chi connectivity index (χ1) is 10.2. The number of nitrogen functional groups attached to an aromatic ring is 1. The lowest BCUT2D eigenvalue weighted by Crippen LogP contribution is -2.19. The van der Waals surface area contributed by atoms with Crippen LogP contribution in [0.2, 0.25) is 0 Å². The average molecular weight is 283 g/mol.